The molecule has 0 spiro atoms. The first kappa shape index (κ1) is 13.3. The van der Waals surface area contributed by atoms with Crippen LogP contribution in [0.1, 0.15) is 23.0 Å². The number of aryl methyl sites for hydroxylation is 1. The average molecular weight is 267 g/mol. The molecule has 1 aromatic carbocycles. The van der Waals surface area contributed by atoms with Crippen LogP contribution in [0.5, 0.6) is 0 Å². The predicted octanol–water partition coefficient (Wildman–Crippen LogP) is 2.38. The zero-order valence-electron chi connectivity index (χ0n) is 11.9. The second-order valence-electron chi connectivity index (χ2n) is 5.30. The second kappa shape index (κ2) is 6.16. The molecular weight excluding hydrogens is 246 g/mol. The Morgan fingerprint density at radius 2 is 1.75 bits per heavy atom. The van der Waals surface area contributed by atoms with E-state index in [0.717, 1.165) is 37.6 Å². The molecule has 2 aromatic rings. The van der Waals surface area contributed by atoms with E-state index in [1.165, 1.54) is 5.56 Å². The third-order valence-electron chi connectivity index (χ3n) is 3.82. The highest BCUT2D eigenvalue weighted by Crippen LogP contribution is 2.27. The van der Waals surface area contributed by atoms with Crippen LogP contribution in [0.2, 0.25) is 0 Å². The number of aromatic nitrogens is 1. The summed E-state index contributed by atoms with van der Waals surface area (Å²) in [5.74, 6) is 0. The van der Waals surface area contributed by atoms with Gasteiger partial charge in [0, 0.05) is 31.9 Å². The minimum Gasteiger partial charge on any atom is -0.314 e. The summed E-state index contributed by atoms with van der Waals surface area (Å²) >= 11 is 0. The normalized spacial score (nSPS) is 17.9. The quantitative estimate of drug-likeness (QED) is 0.925. The van der Waals surface area contributed by atoms with Crippen molar-refractivity contribution in [1.82, 2.24) is 15.2 Å². The SMILES string of the molecule is Cc1cccc(C(c2ccccc2)N2CCNCC2)n1. The van der Waals surface area contributed by atoms with E-state index in [9.17, 15) is 0 Å². The van der Waals surface area contributed by atoms with Crippen molar-refractivity contribution < 1.29 is 0 Å². The number of benzene rings is 1. The zero-order valence-corrected chi connectivity index (χ0v) is 11.9. The number of hydrogen-bond acceptors (Lipinski definition) is 3. The van der Waals surface area contributed by atoms with Gasteiger partial charge in [-0.05, 0) is 24.6 Å². The van der Waals surface area contributed by atoms with Gasteiger partial charge in [0.1, 0.15) is 0 Å². The minimum absolute atomic E-state index is 0.262. The van der Waals surface area contributed by atoms with Crippen molar-refractivity contribution >= 4 is 0 Å². The minimum atomic E-state index is 0.262. The molecule has 104 valence electrons. The largest absolute Gasteiger partial charge is 0.314 e. The molecule has 1 N–H and O–H groups in total. The predicted molar refractivity (Wildman–Crippen MR) is 81.7 cm³/mol. The lowest BCUT2D eigenvalue weighted by Crippen LogP contribution is -2.45. The van der Waals surface area contributed by atoms with Gasteiger partial charge in [0.25, 0.3) is 0 Å². The third-order valence-corrected chi connectivity index (χ3v) is 3.82. The Hall–Kier alpha value is -1.71. The molecule has 0 radical (unpaired) electrons. The summed E-state index contributed by atoms with van der Waals surface area (Å²) in [6.07, 6.45) is 0. The summed E-state index contributed by atoms with van der Waals surface area (Å²) in [4.78, 5) is 7.28. The maximum Gasteiger partial charge on any atom is 0.0777 e. The zero-order chi connectivity index (χ0) is 13.8. The van der Waals surface area contributed by atoms with Gasteiger partial charge in [-0.3, -0.25) is 9.88 Å². The fourth-order valence-corrected chi connectivity index (χ4v) is 2.86. The first-order valence-corrected chi connectivity index (χ1v) is 7.28. The standard InChI is InChI=1S/C17H21N3/c1-14-6-5-9-16(19-14)17(15-7-3-2-4-8-15)20-12-10-18-11-13-20/h2-9,17-18H,10-13H2,1H3. The summed E-state index contributed by atoms with van der Waals surface area (Å²) in [5.41, 5.74) is 3.56. The van der Waals surface area contributed by atoms with E-state index in [-0.39, 0.29) is 6.04 Å². The van der Waals surface area contributed by atoms with Crippen LogP contribution in [0.15, 0.2) is 48.5 Å². The topological polar surface area (TPSA) is 28.2 Å². The molecule has 3 heteroatoms. The molecule has 20 heavy (non-hydrogen) atoms. The number of hydrogen-bond donors (Lipinski definition) is 1. The maximum absolute atomic E-state index is 4.76. The van der Waals surface area contributed by atoms with Gasteiger partial charge in [-0.2, -0.15) is 0 Å². The van der Waals surface area contributed by atoms with Gasteiger partial charge in [-0.1, -0.05) is 36.4 Å². The van der Waals surface area contributed by atoms with Crippen LogP contribution in [0, 0.1) is 6.92 Å². The second-order valence-corrected chi connectivity index (χ2v) is 5.30. The Labute approximate surface area is 120 Å². The lowest BCUT2D eigenvalue weighted by Gasteiger charge is -2.35. The molecular formula is C17H21N3. The molecule has 3 nitrogen and oxygen atoms in total. The Balaban J connectivity index is 1.98. The first-order valence-electron chi connectivity index (χ1n) is 7.28. The van der Waals surface area contributed by atoms with Crippen LogP contribution >= 0.6 is 0 Å². The summed E-state index contributed by atoms with van der Waals surface area (Å²) in [5, 5.41) is 3.42. The molecule has 0 aliphatic carbocycles. The van der Waals surface area contributed by atoms with E-state index in [1.807, 2.05) is 0 Å². The van der Waals surface area contributed by atoms with Crippen molar-refractivity contribution in [3.8, 4) is 0 Å². The van der Waals surface area contributed by atoms with Crippen molar-refractivity contribution in [2.24, 2.45) is 0 Å². The number of piperazine rings is 1. The summed E-state index contributed by atoms with van der Waals surface area (Å²) in [6, 6.07) is 17.3. The Morgan fingerprint density at radius 3 is 2.45 bits per heavy atom. The van der Waals surface area contributed by atoms with Gasteiger partial charge < -0.3 is 5.32 Å². The molecule has 0 amide bonds. The molecule has 1 aromatic heterocycles. The van der Waals surface area contributed by atoms with E-state index >= 15 is 0 Å². The van der Waals surface area contributed by atoms with Gasteiger partial charge in [0.15, 0.2) is 0 Å². The monoisotopic (exact) mass is 267 g/mol. The van der Waals surface area contributed by atoms with E-state index in [2.05, 4.69) is 65.7 Å². The van der Waals surface area contributed by atoms with Crippen molar-refractivity contribution in [3.05, 3.63) is 65.5 Å². The van der Waals surface area contributed by atoms with Gasteiger partial charge in [0.2, 0.25) is 0 Å². The fraction of sp³-hybridized carbons (Fsp3) is 0.353. The van der Waals surface area contributed by atoms with Crippen LogP contribution < -0.4 is 5.32 Å². The van der Waals surface area contributed by atoms with Crippen LogP contribution in [0.25, 0.3) is 0 Å². The molecule has 1 saturated heterocycles. The number of nitrogens with one attached hydrogen (secondary N) is 1. The Bertz CT molecular complexity index is 547. The van der Waals surface area contributed by atoms with Crippen LogP contribution in [0.3, 0.4) is 0 Å². The summed E-state index contributed by atoms with van der Waals surface area (Å²) in [6.45, 7) is 6.29. The van der Waals surface area contributed by atoms with Crippen molar-refractivity contribution in [2.45, 2.75) is 13.0 Å². The van der Waals surface area contributed by atoms with Gasteiger partial charge >= 0.3 is 0 Å². The highest BCUT2D eigenvalue weighted by Gasteiger charge is 2.24. The van der Waals surface area contributed by atoms with E-state index < -0.39 is 0 Å². The maximum atomic E-state index is 4.76. The third kappa shape index (κ3) is 2.89. The van der Waals surface area contributed by atoms with Crippen molar-refractivity contribution in [3.63, 3.8) is 0 Å². The van der Waals surface area contributed by atoms with Crippen molar-refractivity contribution in [1.29, 1.82) is 0 Å². The number of nitrogens with zero attached hydrogens (tertiary/aromatic N) is 2. The van der Waals surface area contributed by atoms with Crippen LogP contribution in [0.4, 0.5) is 0 Å². The molecule has 1 aliphatic rings. The van der Waals surface area contributed by atoms with E-state index in [4.69, 9.17) is 4.98 Å². The lowest BCUT2D eigenvalue weighted by molar-refractivity contribution is 0.195. The Morgan fingerprint density at radius 1 is 1.00 bits per heavy atom. The molecule has 1 atom stereocenters. The van der Waals surface area contributed by atoms with Gasteiger partial charge in [0.05, 0.1) is 11.7 Å². The number of rotatable bonds is 3. The molecule has 1 aliphatic heterocycles. The molecule has 1 fully saturated rings. The first-order chi connectivity index (χ1) is 9.84. The number of pyridine rings is 1. The van der Waals surface area contributed by atoms with Crippen molar-refractivity contribution in [2.75, 3.05) is 26.2 Å². The molecule has 3 rings (SSSR count). The van der Waals surface area contributed by atoms with E-state index in [0.29, 0.717) is 0 Å². The van der Waals surface area contributed by atoms with Gasteiger partial charge in [-0.15, -0.1) is 0 Å². The highest BCUT2D eigenvalue weighted by molar-refractivity contribution is 5.28. The molecule has 0 bridgehead atoms. The van der Waals surface area contributed by atoms with Gasteiger partial charge in [-0.25, -0.2) is 0 Å². The van der Waals surface area contributed by atoms with Crippen LogP contribution in [-0.2, 0) is 0 Å². The lowest BCUT2D eigenvalue weighted by atomic mass is 10.0. The van der Waals surface area contributed by atoms with Crippen LogP contribution in [-0.4, -0.2) is 36.1 Å². The van der Waals surface area contributed by atoms with E-state index in [1.54, 1.807) is 0 Å². The summed E-state index contributed by atoms with van der Waals surface area (Å²) < 4.78 is 0. The highest BCUT2D eigenvalue weighted by atomic mass is 15.2. The Kier molecular flexibility index (Phi) is 4.09. The summed E-state index contributed by atoms with van der Waals surface area (Å²) in [7, 11) is 0. The molecule has 1 unspecified atom stereocenters. The smallest absolute Gasteiger partial charge is 0.0777 e. The average Bonchev–Trinajstić information content (AvgIpc) is 2.50. The molecule has 2 heterocycles. The fourth-order valence-electron chi connectivity index (χ4n) is 2.86. The molecule has 0 saturated carbocycles.